The van der Waals surface area contributed by atoms with E-state index in [-0.39, 0.29) is 17.7 Å². The van der Waals surface area contributed by atoms with Crippen molar-refractivity contribution in [2.24, 2.45) is 11.3 Å². The smallest absolute Gasteiger partial charge is 0.304 e. The Morgan fingerprint density at radius 3 is 2.47 bits per heavy atom. The Morgan fingerprint density at radius 2 is 1.77 bits per heavy atom. The van der Waals surface area contributed by atoms with Gasteiger partial charge in [0.1, 0.15) is 5.82 Å². The zero-order chi connectivity index (χ0) is 21.0. The molecule has 2 aromatic rings. The maximum Gasteiger partial charge on any atom is 0.304 e. The average Bonchev–Trinajstić information content (AvgIpc) is 3.54. The lowest BCUT2D eigenvalue weighted by Gasteiger charge is -2.42. The van der Waals surface area contributed by atoms with Gasteiger partial charge in [-0.05, 0) is 86.1 Å². The van der Waals surface area contributed by atoms with Gasteiger partial charge in [0.2, 0.25) is 0 Å². The van der Waals surface area contributed by atoms with Gasteiger partial charge in [-0.25, -0.2) is 4.39 Å². The third-order valence-corrected chi connectivity index (χ3v) is 7.28. The molecule has 2 aliphatic rings. The molecule has 2 fully saturated rings. The van der Waals surface area contributed by atoms with Crippen molar-refractivity contribution in [3.63, 3.8) is 0 Å². The van der Waals surface area contributed by atoms with E-state index in [9.17, 15) is 9.18 Å². The molecule has 1 aliphatic carbocycles. The summed E-state index contributed by atoms with van der Waals surface area (Å²) in [6.07, 6.45) is 6.61. The van der Waals surface area contributed by atoms with Crippen molar-refractivity contribution in [2.75, 3.05) is 19.6 Å². The zero-order valence-corrected chi connectivity index (χ0v) is 17.6. The van der Waals surface area contributed by atoms with Crippen LogP contribution < -0.4 is 0 Å². The Kier molecular flexibility index (Phi) is 6.52. The van der Waals surface area contributed by atoms with Crippen molar-refractivity contribution in [1.29, 1.82) is 0 Å². The molecule has 2 aromatic carbocycles. The number of halogens is 1. The molecule has 0 bridgehead atoms. The quantitative estimate of drug-likeness (QED) is 0.594. The minimum atomic E-state index is -0.737. The molecule has 1 saturated heterocycles. The largest absolute Gasteiger partial charge is 0.481 e. The molecule has 160 valence electrons. The van der Waals surface area contributed by atoms with Crippen LogP contribution in [0.15, 0.2) is 54.6 Å². The van der Waals surface area contributed by atoms with Gasteiger partial charge in [-0.3, -0.25) is 4.79 Å². The third-order valence-electron chi connectivity index (χ3n) is 7.28. The van der Waals surface area contributed by atoms with Crippen molar-refractivity contribution in [3.05, 3.63) is 71.5 Å². The predicted octanol–water partition coefficient (Wildman–Crippen LogP) is 5.51. The minimum Gasteiger partial charge on any atom is -0.481 e. The molecule has 3 nitrogen and oxygen atoms in total. The second-order valence-corrected chi connectivity index (χ2v) is 9.31. The van der Waals surface area contributed by atoms with E-state index >= 15 is 0 Å². The van der Waals surface area contributed by atoms with Crippen molar-refractivity contribution < 1.29 is 14.3 Å². The van der Waals surface area contributed by atoms with Crippen LogP contribution in [0.25, 0.3) is 0 Å². The Morgan fingerprint density at radius 1 is 1.07 bits per heavy atom. The van der Waals surface area contributed by atoms with Gasteiger partial charge in [-0.15, -0.1) is 0 Å². The summed E-state index contributed by atoms with van der Waals surface area (Å²) in [6.45, 7) is 2.44. The van der Waals surface area contributed by atoms with Gasteiger partial charge >= 0.3 is 5.97 Å². The molecule has 1 saturated carbocycles. The molecule has 30 heavy (non-hydrogen) atoms. The maximum absolute atomic E-state index is 14.4. The number of likely N-dealkylation sites (tertiary alicyclic amines) is 1. The summed E-state index contributed by atoms with van der Waals surface area (Å²) in [4.78, 5) is 13.2. The van der Waals surface area contributed by atoms with E-state index in [1.165, 1.54) is 18.4 Å². The van der Waals surface area contributed by atoms with Crippen LogP contribution in [-0.4, -0.2) is 35.6 Å². The fourth-order valence-electron chi connectivity index (χ4n) is 5.23. The number of aliphatic carboxylic acids is 1. The van der Waals surface area contributed by atoms with Crippen LogP contribution in [0.2, 0.25) is 0 Å². The molecule has 4 rings (SSSR count). The first-order valence-electron chi connectivity index (χ1n) is 11.3. The van der Waals surface area contributed by atoms with Crippen LogP contribution in [0.3, 0.4) is 0 Å². The van der Waals surface area contributed by atoms with E-state index < -0.39 is 5.97 Å². The Labute approximate surface area is 178 Å². The number of nitrogens with zero attached hydrogens (tertiary/aromatic N) is 1. The Balaban J connectivity index is 1.39. The summed E-state index contributed by atoms with van der Waals surface area (Å²) in [5.41, 5.74) is 2.40. The van der Waals surface area contributed by atoms with Crippen molar-refractivity contribution in [2.45, 2.75) is 50.9 Å². The number of piperidine rings is 1. The minimum absolute atomic E-state index is 0.0984. The third kappa shape index (κ3) is 5.28. The molecule has 0 spiro atoms. The van der Waals surface area contributed by atoms with Gasteiger partial charge in [-0.2, -0.15) is 0 Å². The molecule has 0 radical (unpaired) electrons. The predicted molar refractivity (Wildman–Crippen MR) is 117 cm³/mol. The highest BCUT2D eigenvalue weighted by Gasteiger charge is 2.41. The van der Waals surface area contributed by atoms with Gasteiger partial charge in [0.15, 0.2) is 0 Å². The normalized spacial score (nSPS) is 23.2. The van der Waals surface area contributed by atoms with Crippen LogP contribution in [0.1, 0.15) is 55.6 Å². The Bertz CT molecular complexity index is 845. The lowest BCUT2D eigenvalue weighted by atomic mass is 9.70. The summed E-state index contributed by atoms with van der Waals surface area (Å²) < 4.78 is 14.4. The van der Waals surface area contributed by atoms with Crippen LogP contribution in [0.5, 0.6) is 0 Å². The number of carbonyl (C=O) groups is 1. The first kappa shape index (κ1) is 21.0. The summed E-state index contributed by atoms with van der Waals surface area (Å²) in [7, 11) is 0. The van der Waals surface area contributed by atoms with Gasteiger partial charge in [-0.1, -0.05) is 48.5 Å². The van der Waals surface area contributed by atoms with Gasteiger partial charge in [0.25, 0.3) is 0 Å². The van der Waals surface area contributed by atoms with E-state index in [1.54, 1.807) is 12.1 Å². The van der Waals surface area contributed by atoms with E-state index in [4.69, 9.17) is 5.11 Å². The molecule has 1 aliphatic heterocycles. The monoisotopic (exact) mass is 409 g/mol. The molecular weight excluding hydrogens is 377 g/mol. The molecular formula is C26H32FNO2. The molecule has 1 N–H and O–H groups in total. The van der Waals surface area contributed by atoms with Crippen molar-refractivity contribution in [3.8, 4) is 0 Å². The molecule has 2 atom stereocenters. The molecule has 1 heterocycles. The number of carboxylic acid groups (broad SMARTS) is 1. The van der Waals surface area contributed by atoms with Crippen LogP contribution in [-0.2, 0) is 11.2 Å². The molecule has 4 heteroatoms. The van der Waals surface area contributed by atoms with Crippen molar-refractivity contribution in [1.82, 2.24) is 4.90 Å². The number of hydrogen-bond acceptors (Lipinski definition) is 2. The zero-order valence-electron chi connectivity index (χ0n) is 17.6. The SMILES string of the molecule is O=C(O)CCN1CCC(CC[C@@H]2CC2c2ccccc2)(Cc2ccccc2F)CC1. The summed E-state index contributed by atoms with van der Waals surface area (Å²) in [5, 5.41) is 8.97. The number of carboxylic acids is 1. The number of hydrogen-bond donors (Lipinski definition) is 1. The van der Waals surface area contributed by atoms with E-state index in [0.29, 0.717) is 12.5 Å². The molecule has 0 aromatic heterocycles. The van der Waals surface area contributed by atoms with E-state index in [1.807, 2.05) is 12.1 Å². The standard InChI is InChI=1S/C26H32FNO2/c27-24-9-5-4-8-22(24)19-26(13-16-28(17-14-26)15-11-25(29)30)12-10-21-18-23(21)20-6-2-1-3-7-20/h1-9,21,23H,10-19H2,(H,29,30)/t21-,23?/m1/s1. The lowest BCUT2D eigenvalue weighted by Crippen LogP contribution is -2.42. The first-order valence-corrected chi connectivity index (χ1v) is 11.3. The summed E-state index contributed by atoms with van der Waals surface area (Å²) >= 11 is 0. The molecule has 0 amide bonds. The van der Waals surface area contributed by atoms with Gasteiger partial charge < -0.3 is 10.0 Å². The van der Waals surface area contributed by atoms with Crippen molar-refractivity contribution >= 4 is 5.97 Å². The highest BCUT2D eigenvalue weighted by atomic mass is 19.1. The van der Waals surface area contributed by atoms with E-state index in [2.05, 4.69) is 35.2 Å². The highest BCUT2D eigenvalue weighted by molar-refractivity contribution is 5.66. The van der Waals surface area contributed by atoms with E-state index in [0.717, 1.165) is 50.3 Å². The summed E-state index contributed by atoms with van der Waals surface area (Å²) in [6, 6.07) is 18.0. The average molecular weight is 410 g/mol. The fourth-order valence-corrected chi connectivity index (χ4v) is 5.23. The highest BCUT2D eigenvalue weighted by Crippen LogP contribution is 2.52. The summed E-state index contributed by atoms with van der Waals surface area (Å²) in [5.74, 6) is 0.597. The van der Waals surface area contributed by atoms with Gasteiger partial charge in [0, 0.05) is 6.54 Å². The number of rotatable bonds is 9. The number of benzene rings is 2. The van der Waals surface area contributed by atoms with Crippen LogP contribution in [0, 0.1) is 17.2 Å². The first-order chi connectivity index (χ1) is 14.5. The Hall–Kier alpha value is -2.20. The maximum atomic E-state index is 14.4. The second kappa shape index (κ2) is 9.30. The van der Waals surface area contributed by atoms with Crippen LogP contribution >= 0.6 is 0 Å². The topological polar surface area (TPSA) is 40.5 Å². The van der Waals surface area contributed by atoms with Gasteiger partial charge in [0.05, 0.1) is 6.42 Å². The fraction of sp³-hybridized carbons (Fsp3) is 0.500. The second-order valence-electron chi connectivity index (χ2n) is 9.31. The lowest BCUT2D eigenvalue weighted by molar-refractivity contribution is -0.137. The molecule has 1 unspecified atom stereocenters. The van der Waals surface area contributed by atoms with Crippen LogP contribution in [0.4, 0.5) is 4.39 Å².